The molecule has 0 bridgehead atoms. The van der Waals surface area contributed by atoms with Gasteiger partial charge in [0.15, 0.2) is 6.26 Å². The Labute approximate surface area is 54.0 Å². The normalized spacial score (nSPS) is 11.9. The molecule has 0 saturated heterocycles. The standard InChI is InChI=1S/C6H11N2O/c1-6(2,7)8-4-3-5-9-8/h3-5H,7H2,1-2H3/q+1. The molecule has 0 atom stereocenters. The minimum Gasteiger partial charge on any atom is -0.267 e. The zero-order chi connectivity index (χ0) is 6.91. The first-order chi connectivity index (χ1) is 4.11. The van der Waals surface area contributed by atoms with Crippen LogP contribution in [0.4, 0.5) is 0 Å². The number of nitrogens with two attached hydrogens (primary N) is 1. The van der Waals surface area contributed by atoms with Crippen LogP contribution in [0.1, 0.15) is 13.8 Å². The first kappa shape index (κ1) is 6.29. The Hall–Kier alpha value is -0.830. The zero-order valence-corrected chi connectivity index (χ0v) is 5.66. The molecular formula is C6H11N2O+. The third-order valence-electron chi connectivity index (χ3n) is 1.04. The predicted octanol–water partition coefficient (Wildman–Crippen LogP) is 0.218. The molecular weight excluding hydrogens is 116 g/mol. The molecule has 0 radical (unpaired) electrons. The lowest BCUT2D eigenvalue weighted by molar-refractivity contribution is -0.908. The van der Waals surface area contributed by atoms with Crippen molar-refractivity contribution in [3.05, 3.63) is 18.5 Å². The van der Waals surface area contributed by atoms with Gasteiger partial charge in [-0.15, -0.1) is 0 Å². The Balaban J connectivity index is 2.90. The Bertz CT molecular complexity index is 173. The van der Waals surface area contributed by atoms with Gasteiger partial charge in [0.25, 0.3) is 5.66 Å². The van der Waals surface area contributed by atoms with E-state index in [1.807, 2.05) is 13.8 Å². The minimum absolute atomic E-state index is 0.427. The third-order valence-corrected chi connectivity index (χ3v) is 1.04. The van der Waals surface area contributed by atoms with Crippen LogP contribution in [-0.4, -0.2) is 0 Å². The van der Waals surface area contributed by atoms with Crippen molar-refractivity contribution in [1.29, 1.82) is 0 Å². The number of aromatic nitrogens is 1. The van der Waals surface area contributed by atoms with Gasteiger partial charge in [0.05, 0.1) is 0 Å². The van der Waals surface area contributed by atoms with E-state index in [-0.39, 0.29) is 0 Å². The van der Waals surface area contributed by atoms with E-state index < -0.39 is 5.66 Å². The van der Waals surface area contributed by atoms with E-state index in [1.165, 1.54) is 0 Å². The van der Waals surface area contributed by atoms with Crippen molar-refractivity contribution in [2.45, 2.75) is 19.5 Å². The molecule has 0 aromatic carbocycles. The molecule has 1 heterocycles. The molecule has 0 aliphatic carbocycles. The first-order valence-corrected chi connectivity index (χ1v) is 2.86. The lowest BCUT2D eigenvalue weighted by atomic mass is 10.3. The summed E-state index contributed by atoms with van der Waals surface area (Å²) in [6.07, 6.45) is 3.38. The van der Waals surface area contributed by atoms with E-state index >= 15 is 0 Å². The molecule has 1 rings (SSSR count). The topological polar surface area (TPSA) is 43.0 Å². The molecule has 2 N–H and O–H groups in total. The number of hydrogen-bond acceptors (Lipinski definition) is 2. The van der Waals surface area contributed by atoms with E-state index in [0.29, 0.717) is 0 Å². The number of hydrogen-bond donors (Lipinski definition) is 1. The maximum atomic E-state index is 5.67. The van der Waals surface area contributed by atoms with Crippen LogP contribution in [0, 0.1) is 0 Å². The maximum Gasteiger partial charge on any atom is 0.257 e. The average Bonchev–Trinajstić information content (AvgIpc) is 2.08. The van der Waals surface area contributed by atoms with Crippen LogP contribution in [0.15, 0.2) is 23.0 Å². The molecule has 0 saturated carbocycles. The highest BCUT2D eigenvalue weighted by molar-refractivity contribution is 4.64. The van der Waals surface area contributed by atoms with Crippen molar-refractivity contribution < 1.29 is 9.26 Å². The summed E-state index contributed by atoms with van der Waals surface area (Å²) in [5.74, 6) is 0. The fraction of sp³-hybridized carbons (Fsp3) is 0.500. The molecule has 0 amide bonds. The molecule has 1 aromatic rings. The molecule has 0 unspecified atom stereocenters. The van der Waals surface area contributed by atoms with Crippen LogP contribution in [0.5, 0.6) is 0 Å². The number of rotatable bonds is 1. The third kappa shape index (κ3) is 1.29. The molecule has 0 aliphatic rings. The molecule has 1 aromatic heterocycles. The lowest BCUT2D eigenvalue weighted by Gasteiger charge is -2.04. The van der Waals surface area contributed by atoms with Gasteiger partial charge in [0.1, 0.15) is 0 Å². The summed E-state index contributed by atoms with van der Waals surface area (Å²) >= 11 is 0. The van der Waals surface area contributed by atoms with Crippen molar-refractivity contribution in [2.24, 2.45) is 5.73 Å². The SMILES string of the molecule is CC(C)(N)[n+]1ccco1. The second kappa shape index (κ2) is 1.84. The second-order valence-electron chi connectivity index (χ2n) is 2.56. The Morgan fingerprint density at radius 1 is 1.56 bits per heavy atom. The monoisotopic (exact) mass is 127 g/mol. The van der Waals surface area contributed by atoms with Gasteiger partial charge in [-0.2, -0.15) is 0 Å². The number of nitrogens with zero attached hydrogens (tertiary/aromatic N) is 1. The van der Waals surface area contributed by atoms with Crippen LogP contribution in [0.25, 0.3) is 0 Å². The van der Waals surface area contributed by atoms with E-state index in [4.69, 9.17) is 10.3 Å². The minimum atomic E-state index is -0.427. The summed E-state index contributed by atoms with van der Waals surface area (Å²) in [5, 5.41) is 0. The van der Waals surface area contributed by atoms with E-state index in [1.54, 1.807) is 23.3 Å². The summed E-state index contributed by atoms with van der Waals surface area (Å²) in [6, 6.07) is 1.80. The Morgan fingerprint density at radius 3 is 2.44 bits per heavy atom. The van der Waals surface area contributed by atoms with E-state index in [2.05, 4.69) is 0 Å². The zero-order valence-electron chi connectivity index (χ0n) is 5.66. The second-order valence-corrected chi connectivity index (χ2v) is 2.56. The summed E-state index contributed by atoms with van der Waals surface area (Å²) in [4.78, 5) is 0. The van der Waals surface area contributed by atoms with Gasteiger partial charge in [0, 0.05) is 19.9 Å². The van der Waals surface area contributed by atoms with Gasteiger partial charge in [0.2, 0.25) is 6.20 Å². The lowest BCUT2D eigenvalue weighted by Crippen LogP contribution is -2.56. The van der Waals surface area contributed by atoms with Crippen molar-refractivity contribution in [3.8, 4) is 0 Å². The van der Waals surface area contributed by atoms with E-state index in [9.17, 15) is 0 Å². The van der Waals surface area contributed by atoms with Crippen LogP contribution < -0.4 is 10.5 Å². The van der Waals surface area contributed by atoms with Gasteiger partial charge >= 0.3 is 0 Å². The largest absolute Gasteiger partial charge is 0.267 e. The smallest absolute Gasteiger partial charge is 0.257 e. The quantitative estimate of drug-likeness (QED) is 0.548. The highest BCUT2D eigenvalue weighted by atomic mass is 16.5. The summed E-state index contributed by atoms with van der Waals surface area (Å²) < 4.78 is 6.58. The van der Waals surface area contributed by atoms with Gasteiger partial charge in [-0.25, -0.2) is 4.52 Å². The maximum absolute atomic E-state index is 5.67. The predicted molar refractivity (Wildman–Crippen MR) is 32.4 cm³/mol. The van der Waals surface area contributed by atoms with Crippen molar-refractivity contribution in [2.75, 3.05) is 0 Å². The summed E-state index contributed by atoms with van der Waals surface area (Å²) in [6.45, 7) is 3.74. The summed E-state index contributed by atoms with van der Waals surface area (Å²) in [7, 11) is 0. The molecule has 0 aliphatic heterocycles. The molecule has 3 nitrogen and oxygen atoms in total. The molecule has 0 fully saturated rings. The highest BCUT2D eigenvalue weighted by Crippen LogP contribution is 1.93. The average molecular weight is 127 g/mol. The highest BCUT2D eigenvalue weighted by Gasteiger charge is 2.24. The molecule has 50 valence electrons. The summed E-state index contributed by atoms with van der Waals surface area (Å²) in [5.41, 5.74) is 5.24. The van der Waals surface area contributed by atoms with Crippen LogP contribution >= 0.6 is 0 Å². The Kier molecular flexibility index (Phi) is 1.29. The van der Waals surface area contributed by atoms with Gasteiger partial charge < -0.3 is 0 Å². The van der Waals surface area contributed by atoms with Crippen molar-refractivity contribution >= 4 is 0 Å². The molecule has 3 heteroatoms. The van der Waals surface area contributed by atoms with Gasteiger partial charge in [-0.1, -0.05) is 0 Å². The molecule has 9 heavy (non-hydrogen) atoms. The van der Waals surface area contributed by atoms with E-state index in [0.717, 1.165) is 0 Å². The Morgan fingerprint density at radius 2 is 2.22 bits per heavy atom. The van der Waals surface area contributed by atoms with Crippen LogP contribution in [-0.2, 0) is 5.66 Å². The van der Waals surface area contributed by atoms with Gasteiger partial charge in [-0.3, -0.25) is 5.73 Å². The van der Waals surface area contributed by atoms with Crippen molar-refractivity contribution in [3.63, 3.8) is 0 Å². The van der Waals surface area contributed by atoms with Gasteiger partial charge in [-0.05, 0) is 4.74 Å². The fourth-order valence-corrected chi connectivity index (χ4v) is 0.577. The fourth-order valence-electron chi connectivity index (χ4n) is 0.577. The van der Waals surface area contributed by atoms with Crippen LogP contribution in [0.2, 0.25) is 0 Å². The van der Waals surface area contributed by atoms with Crippen molar-refractivity contribution in [1.82, 2.24) is 0 Å². The van der Waals surface area contributed by atoms with Crippen LogP contribution in [0.3, 0.4) is 0 Å². The molecule has 0 spiro atoms. The first-order valence-electron chi connectivity index (χ1n) is 2.86.